The molecular weight excluding hydrogens is 400 g/mol. The number of benzene rings is 1. The zero-order valence-electron chi connectivity index (χ0n) is 16.1. The summed E-state index contributed by atoms with van der Waals surface area (Å²) in [5.74, 6) is 0.0524. The van der Waals surface area contributed by atoms with Crippen LogP contribution in [0.15, 0.2) is 24.3 Å². The molecule has 2 amide bonds. The number of ether oxygens (including phenoxy) is 1. The minimum Gasteiger partial charge on any atom is -0.492 e. The molecule has 1 aliphatic rings. The van der Waals surface area contributed by atoms with Crippen LogP contribution >= 0.6 is 22.9 Å². The molecule has 1 fully saturated rings. The first kappa shape index (κ1) is 20.5. The monoisotopic (exact) mass is 422 g/mol. The van der Waals surface area contributed by atoms with Crippen molar-refractivity contribution in [3.05, 3.63) is 34.3 Å². The predicted molar refractivity (Wildman–Crippen MR) is 109 cm³/mol. The third kappa shape index (κ3) is 4.99. The van der Waals surface area contributed by atoms with Gasteiger partial charge in [-0.05, 0) is 32.9 Å². The number of carbonyl (C=O) groups excluding carboxylic acids is 2. The molecule has 2 heterocycles. The van der Waals surface area contributed by atoms with Gasteiger partial charge in [-0.25, -0.2) is 0 Å². The first-order valence-electron chi connectivity index (χ1n) is 9.05. The molecule has 0 saturated carbocycles. The summed E-state index contributed by atoms with van der Waals surface area (Å²) in [5.41, 5.74) is -0.288. The van der Waals surface area contributed by atoms with Crippen molar-refractivity contribution in [1.82, 2.24) is 15.1 Å². The lowest BCUT2D eigenvalue weighted by atomic mass is 10.1. The highest BCUT2D eigenvalue weighted by atomic mass is 35.5. The maximum Gasteiger partial charge on any atom is 0.231 e. The largest absolute Gasteiger partial charge is 0.492 e. The predicted octanol–water partition coefficient (Wildman–Crippen LogP) is 3.40. The van der Waals surface area contributed by atoms with Crippen LogP contribution in [0.4, 0.5) is 5.13 Å². The highest BCUT2D eigenvalue weighted by Gasteiger charge is 2.39. The second kappa shape index (κ2) is 8.45. The van der Waals surface area contributed by atoms with Crippen LogP contribution in [0, 0.1) is 5.92 Å². The van der Waals surface area contributed by atoms with E-state index in [9.17, 15) is 9.59 Å². The van der Waals surface area contributed by atoms with E-state index in [0.717, 1.165) is 5.01 Å². The van der Waals surface area contributed by atoms with Gasteiger partial charge in [0.25, 0.3) is 0 Å². The zero-order valence-corrected chi connectivity index (χ0v) is 17.6. The van der Waals surface area contributed by atoms with Gasteiger partial charge in [0.2, 0.25) is 16.9 Å². The van der Waals surface area contributed by atoms with E-state index in [-0.39, 0.29) is 29.7 Å². The molecule has 28 heavy (non-hydrogen) atoms. The summed E-state index contributed by atoms with van der Waals surface area (Å²) in [5, 5.41) is 12.6. The highest BCUT2D eigenvalue weighted by Crippen LogP contribution is 2.27. The van der Waals surface area contributed by atoms with E-state index in [4.69, 9.17) is 16.3 Å². The first-order chi connectivity index (χ1) is 13.2. The second-order valence-corrected chi connectivity index (χ2v) is 9.06. The van der Waals surface area contributed by atoms with Crippen LogP contribution in [0.2, 0.25) is 5.02 Å². The zero-order chi connectivity index (χ0) is 20.3. The van der Waals surface area contributed by atoms with E-state index in [2.05, 4.69) is 15.5 Å². The fraction of sp³-hybridized carbons (Fsp3) is 0.474. The molecule has 1 N–H and O–H groups in total. The number of likely N-dealkylation sites (tertiary alicyclic amines) is 1. The molecule has 1 unspecified atom stereocenters. The molecule has 150 valence electrons. The van der Waals surface area contributed by atoms with Gasteiger partial charge in [-0.2, -0.15) is 0 Å². The van der Waals surface area contributed by atoms with Crippen molar-refractivity contribution >= 4 is 39.9 Å². The number of rotatable bonds is 6. The number of amides is 2. The molecule has 0 spiro atoms. The molecule has 1 aromatic heterocycles. The van der Waals surface area contributed by atoms with E-state index < -0.39 is 0 Å². The van der Waals surface area contributed by atoms with Gasteiger partial charge in [0.05, 0.1) is 17.5 Å². The summed E-state index contributed by atoms with van der Waals surface area (Å²) >= 11 is 7.35. The molecule has 1 aromatic carbocycles. The van der Waals surface area contributed by atoms with Crippen molar-refractivity contribution in [3.63, 3.8) is 0 Å². The third-order valence-electron chi connectivity index (χ3n) is 4.41. The smallest absolute Gasteiger partial charge is 0.231 e. The van der Waals surface area contributed by atoms with E-state index >= 15 is 0 Å². The number of para-hydroxylation sites is 1. The minimum atomic E-state index is -0.373. The Bertz CT molecular complexity index is 865. The highest BCUT2D eigenvalue weighted by molar-refractivity contribution is 7.15. The lowest BCUT2D eigenvalue weighted by Crippen LogP contribution is -2.42. The Morgan fingerprint density at radius 3 is 2.79 bits per heavy atom. The van der Waals surface area contributed by atoms with Gasteiger partial charge < -0.3 is 15.0 Å². The van der Waals surface area contributed by atoms with Crippen molar-refractivity contribution < 1.29 is 14.3 Å². The Kier molecular flexibility index (Phi) is 6.20. The number of aromatic nitrogens is 2. The van der Waals surface area contributed by atoms with Gasteiger partial charge in [-0.3, -0.25) is 9.59 Å². The molecule has 1 atom stereocenters. The van der Waals surface area contributed by atoms with Crippen LogP contribution in [0.5, 0.6) is 5.75 Å². The number of carbonyl (C=O) groups is 2. The Balaban J connectivity index is 1.50. The number of nitrogens with zero attached hydrogens (tertiary/aromatic N) is 3. The fourth-order valence-electron chi connectivity index (χ4n) is 2.95. The van der Waals surface area contributed by atoms with Gasteiger partial charge in [0.1, 0.15) is 10.8 Å². The summed E-state index contributed by atoms with van der Waals surface area (Å²) in [4.78, 5) is 26.4. The summed E-state index contributed by atoms with van der Waals surface area (Å²) < 4.78 is 5.64. The molecule has 0 aliphatic carbocycles. The van der Waals surface area contributed by atoms with Gasteiger partial charge in [0.15, 0.2) is 0 Å². The molecule has 1 saturated heterocycles. The van der Waals surface area contributed by atoms with Crippen LogP contribution in [-0.2, 0) is 16.0 Å². The van der Waals surface area contributed by atoms with Gasteiger partial charge in [-0.1, -0.05) is 35.1 Å². The molecule has 1 aliphatic heterocycles. The van der Waals surface area contributed by atoms with Crippen molar-refractivity contribution in [2.24, 2.45) is 5.92 Å². The van der Waals surface area contributed by atoms with Gasteiger partial charge >= 0.3 is 0 Å². The fourth-order valence-corrected chi connectivity index (χ4v) is 3.87. The lowest BCUT2D eigenvalue weighted by molar-refractivity contribution is -0.131. The molecule has 2 aromatic rings. The van der Waals surface area contributed by atoms with Crippen LogP contribution < -0.4 is 10.1 Å². The average molecular weight is 423 g/mol. The Morgan fingerprint density at radius 2 is 2.11 bits per heavy atom. The van der Waals surface area contributed by atoms with Crippen LogP contribution in [-0.4, -0.2) is 45.6 Å². The normalized spacial score (nSPS) is 17.1. The minimum absolute atomic E-state index is 0.00215. The summed E-state index contributed by atoms with van der Waals surface area (Å²) in [6, 6.07) is 7.27. The first-order valence-corrected chi connectivity index (χ1v) is 10.2. The van der Waals surface area contributed by atoms with E-state index in [1.807, 2.05) is 32.9 Å². The van der Waals surface area contributed by atoms with E-state index in [1.165, 1.54) is 11.3 Å². The topological polar surface area (TPSA) is 84.4 Å². The number of hydrogen-bond donors (Lipinski definition) is 1. The maximum atomic E-state index is 12.5. The molecule has 7 nitrogen and oxygen atoms in total. The SMILES string of the molecule is CC(C)(C)N1CC(C(=O)Nc2nnc(CCOc3ccccc3Cl)s2)CC1=O. The van der Waals surface area contributed by atoms with Crippen molar-refractivity contribution in [3.8, 4) is 5.75 Å². The van der Waals surface area contributed by atoms with Crippen LogP contribution in [0.3, 0.4) is 0 Å². The van der Waals surface area contributed by atoms with Gasteiger partial charge in [0, 0.05) is 24.9 Å². The Labute approximate surface area is 173 Å². The number of hydrogen-bond acceptors (Lipinski definition) is 6. The van der Waals surface area contributed by atoms with Crippen LogP contribution in [0.1, 0.15) is 32.2 Å². The van der Waals surface area contributed by atoms with Crippen molar-refractivity contribution in [2.45, 2.75) is 39.2 Å². The summed E-state index contributed by atoms with van der Waals surface area (Å²) in [6.07, 6.45) is 0.777. The molecule has 9 heteroatoms. The standard InChI is InChI=1S/C19H23ClN4O3S/c1-19(2,3)24-11-12(10-16(24)25)17(26)21-18-23-22-15(28-18)8-9-27-14-7-5-4-6-13(14)20/h4-7,12H,8-11H2,1-3H3,(H,21,23,26). The second-order valence-electron chi connectivity index (χ2n) is 7.60. The number of halogens is 1. The van der Waals surface area contributed by atoms with E-state index in [1.54, 1.807) is 17.0 Å². The Hall–Kier alpha value is -2.19. The number of anilines is 1. The van der Waals surface area contributed by atoms with Crippen molar-refractivity contribution in [1.29, 1.82) is 0 Å². The molecule has 0 bridgehead atoms. The Morgan fingerprint density at radius 1 is 1.36 bits per heavy atom. The maximum absolute atomic E-state index is 12.5. The van der Waals surface area contributed by atoms with Crippen LogP contribution in [0.25, 0.3) is 0 Å². The van der Waals surface area contributed by atoms with Gasteiger partial charge in [-0.15, -0.1) is 10.2 Å². The molecule has 0 radical (unpaired) electrons. The quantitative estimate of drug-likeness (QED) is 0.771. The van der Waals surface area contributed by atoms with E-state index in [0.29, 0.717) is 35.5 Å². The summed E-state index contributed by atoms with van der Waals surface area (Å²) in [7, 11) is 0. The summed E-state index contributed by atoms with van der Waals surface area (Å²) in [6.45, 7) is 6.72. The lowest BCUT2D eigenvalue weighted by Gasteiger charge is -2.31. The third-order valence-corrected chi connectivity index (χ3v) is 5.62. The number of nitrogens with one attached hydrogen (secondary N) is 1. The average Bonchev–Trinajstić information content (AvgIpc) is 3.23. The molecule has 3 rings (SSSR count). The molecular formula is C19H23ClN4O3S. The van der Waals surface area contributed by atoms with Crippen molar-refractivity contribution in [2.75, 3.05) is 18.5 Å².